The molecule has 0 amide bonds. The molecule has 1 fully saturated rings. The lowest BCUT2D eigenvalue weighted by Gasteiger charge is -2.30. The third kappa shape index (κ3) is 4.03. The van der Waals surface area contributed by atoms with Gasteiger partial charge in [-0.05, 0) is 43.5 Å². The normalized spacial score (nSPS) is 18.0. The first kappa shape index (κ1) is 16.4. The summed E-state index contributed by atoms with van der Waals surface area (Å²) in [6, 6.07) is 7.17. The Balaban J connectivity index is 2.10. The van der Waals surface area contributed by atoms with Gasteiger partial charge in [-0.15, -0.1) is 0 Å². The molecule has 0 aromatic heterocycles. The molecule has 0 aliphatic carbocycles. The summed E-state index contributed by atoms with van der Waals surface area (Å²) in [6.07, 6.45) is 1.73. The number of ether oxygens (including phenoxy) is 1. The van der Waals surface area contributed by atoms with Gasteiger partial charge in [0.2, 0.25) is 10.0 Å². The third-order valence-electron chi connectivity index (χ3n) is 3.89. The van der Waals surface area contributed by atoms with E-state index in [4.69, 9.17) is 4.74 Å². The molecule has 1 saturated heterocycles. The van der Waals surface area contributed by atoms with Crippen molar-refractivity contribution in [1.82, 2.24) is 9.62 Å². The van der Waals surface area contributed by atoms with Gasteiger partial charge in [0.05, 0.1) is 4.90 Å². The van der Waals surface area contributed by atoms with E-state index in [-0.39, 0.29) is 0 Å². The summed E-state index contributed by atoms with van der Waals surface area (Å²) in [7, 11) is 0.163. The van der Waals surface area contributed by atoms with E-state index in [1.807, 2.05) is 13.1 Å². The van der Waals surface area contributed by atoms with Gasteiger partial charge >= 0.3 is 0 Å². The first-order valence-electron chi connectivity index (χ1n) is 7.30. The van der Waals surface area contributed by atoms with Crippen molar-refractivity contribution in [2.75, 3.05) is 33.9 Å². The van der Waals surface area contributed by atoms with Crippen molar-refractivity contribution in [2.45, 2.75) is 24.3 Å². The smallest absolute Gasteiger partial charge is 0.243 e. The highest BCUT2D eigenvalue weighted by Crippen LogP contribution is 2.24. The maximum Gasteiger partial charge on any atom is 0.243 e. The standard InChI is InChI=1S/C15H24N2O3S/c1-16-11-14-4-3-5-15(10-14)21(18,19)17-8-6-13(7-9-17)12-20-2/h3-5,10,13,16H,6-9,11-12H2,1-2H3. The van der Waals surface area contributed by atoms with Crippen molar-refractivity contribution in [3.05, 3.63) is 29.8 Å². The van der Waals surface area contributed by atoms with Crippen LogP contribution in [0.2, 0.25) is 0 Å². The molecule has 6 heteroatoms. The van der Waals surface area contributed by atoms with Crippen LogP contribution in [0.1, 0.15) is 18.4 Å². The van der Waals surface area contributed by atoms with Crippen LogP contribution in [0.4, 0.5) is 0 Å². The SMILES string of the molecule is CNCc1cccc(S(=O)(=O)N2CCC(COC)CC2)c1. The molecular formula is C15H24N2O3S. The number of rotatable bonds is 6. The Hall–Kier alpha value is -0.950. The van der Waals surface area contributed by atoms with Gasteiger partial charge in [-0.25, -0.2) is 8.42 Å². The molecule has 0 spiro atoms. The van der Waals surface area contributed by atoms with Crippen LogP contribution in [-0.4, -0.2) is 46.6 Å². The molecule has 0 unspecified atom stereocenters. The Morgan fingerprint density at radius 2 is 2.05 bits per heavy atom. The van der Waals surface area contributed by atoms with Crippen molar-refractivity contribution in [2.24, 2.45) is 5.92 Å². The van der Waals surface area contributed by atoms with Crippen LogP contribution in [0.25, 0.3) is 0 Å². The molecule has 0 atom stereocenters. The predicted octanol–water partition coefficient (Wildman–Crippen LogP) is 1.45. The average molecular weight is 312 g/mol. The summed E-state index contributed by atoms with van der Waals surface area (Å²) in [6.45, 7) is 2.53. The monoisotopic (exact) mass is 312 g/mol. The average Bonchev–Trinajstić information content (AvgIpc) is 2.49. The van der Waals surface area contributed by atoms with Gasteiger partial charge in [0, 0.05) is 33.4 Å². The lowest BCUT2D eigenvalue weighted by atomic mass is 9.99. The third-order valence-corrected chi connectivity index (χ3v) is 5.79. The quantitative estimate of drug-likeness (QED) is 0.864. The summed E-state index contributed by atoms with van der Waals surface area (Å²) in [5.41, 5.74) is 0.979. The van der Waals surface area contributed by atoms with E-state index < -0.39 is 10.0 Å². The van der Waals surface area contributed by atoms with Crippen LogP contribution in [-0.2, 0) is 21.3 Å². The molecule has 1 aromatic rings. The number of hydrogen-bond donors (Lipinski definition) is 1. The number of nitrogens with zero attached hydrogens (tertiary/aromatic N) is 1. The van der Waals surface area contributed by atoms with Gasteiger partial charge in [0.25, 0.3) is 0 Å². The zero-order valence-electron chi connectivity index (χ0n) is 12.7. The Morgan fingerprint density at radius 3 is 2.67 bits per heavy atom. The molecule has 1 N–H and O–H groups in total. The summed E-state index contributed by atoms with van der Waals surface area (Å²) < 4.78 is 32.1. The van der Waals surface area contributed by atoms with E-state index in [0.29, 0.717) is 37.1 Å². The van der Waals surface area contributed by atoms with E-state index in [2.05, 4.69) is 5.32 Å². The van der Waals surface area contributed by atoms with Crippen molar-refractivity contribution >= 4 is 10.0 Å². The second-order valence-electron chi connectivity index (χ2n) is 5.48. The minimum absolute atomic E-state index is 0.389. The van der Waals surface area contributed by atoms with Crippen molar-refractivity contribution in [1.29, 1.82) is 0 Å². The van der Waals surface area contributed by atoms with Gasteiger partial charge in [-0.2, -0.15) is 4.31 Å². The maximum absolute atomic E-state index is 12.7. The van der Waals surface area contributed by atoms with Gasteiger partial charge in [0.1, 0.15) is 0 Å². The molecule has 0 radical (unpaired) electrons. The second kappa shape index (κ2) is 7.35. The molecule has 118 valence electrons. The predicted molar refractivity (Wildman–Crippen MR) is 82.6 cm³/mol. The first-order chi connectivity index (χ1) is 10.1. The van der Waals surface area contributed by atoms with Crippen LogP contribution in [0.3, 0.4) is 0 Å². The topological polar surface area (TPSA) is 58.6 Å². The van der Waals surface area contributed by atoms with E-state index in [1.54, 1.807) is 29.6 Å². The molecule has 0 saturated carbocycles. The summed E-state index contributed by atoms with van der Waals surface area (Å²) in [5, 5.41) is 3.04. The van der Waals surface area contributed by atoms with Gasteiger partial charge in [-0.1, -0.05) is 12.1 Å². The molecule has 1 aliphatic rings. The zero-order valence-corrected chi connectivity index (χ0v) is 13.5. The zero-order chi connectivity index (χ0) is 15.3. The number of methoxy groups -OCH3 is 1. The maximum atomic E-state index is 12.7. The fourth-order valence-electron chi connectivity index (χ4n) is 2.72. The first-order valence-corrected chi connectivity index (χ1v) is 8.74. The number of piperidine rings is 1. The molecule has 5 nitrogen and oxygen atoms in total. The Labute approximate surface area is 127 Å². The van der Waals surface area contributed by atoms with Crippen LogP contribution in [0.5, 0.6) is 0 Å². The van der Waals surface area contributed by atoms with E-state index in [0.717, 1.165) is 18.4 Å². The Kier molecular flexibility index (Phi) is 5.75. The van der Waals surface area contributed by atoms with Crippen LogP contribution >= 0.6 is 0 Å². The minimum atomic E-state index is -3.38. The second-order valence-corrected chi connectivity index (χ2v) is 7.42. The van der Waals surface area contributed by atoms with Crippen molar-refractivity contribution < 1.29 is 13.2 Å². The molecular weight excluding hydrogens is 288 g/mol. The summed E-state index contributed by atoms with van der Waals surface area (Å²) in [4.78, 5) is 0.389. The number of nitrogens with one attached hydrogen (secondary N) is 1. The molecule has 21 heavy (non-hydrogen) atoms. The molecule has 2 rings (SSSR count). The highest BCUT2D eigenvalue weighted by molar-refractivity contribution is 7.89. The van der Waals surface area contributed by atoms with Crippen molar-refractivity contribution in [3.63, 3.8) is 0 Å². The van der Waals surface area contributed by atoms with E-state index in [1.165, 1.54) is 0 Å². The molecule has 1 heterocycles. The van der Waals surface area contributed by atoms with Gasteiger partial charge in [-0.3, -0.25) is 0 Å². The fourth-order valence-corrected chi connectivity index (χ4v) is 4.26. The Bertz CT molecular complexity index is 552. The Morgan fingerprint density at radius 1 is 1.33 bits per heavy atom. The number of sulfonamides is 1. The molecule has 0 bridgehead atoms. The molecule has 1 aromatic carbocycles. The van der Waals surface area contributed by atoms with Gasteiger partial charge in [0.15, 0.2) is 0 Å². The lowest BCUT2D eigenvalue weighted by Crippen LogP contribution is -2.39. The van der Waals surface area contributed by atoms with Gasteiger partial charge < -0.3 is 10.1 Å². The largest absolute Gasteiger partial charge is 0.384 e. The highest BCUT2D eigenvalue weighted by Gasteiger charge is 2.29. The fraction of sp³-hybridized carbons (Fsp3) is 0.600. The van der Waals surface area contributed by atoms with E-state index in [9.17, 15) is 8.42 Å². The summed E-state index contributed by atoms with van der Waals surface area (Å²) in [5.74, 6) is 0.470. The summed E-state index contributed by atoms with van der Waals surface area (Å²) >= 11 is 0. The molecule has 1 aliphatic heterocycles. The van der Waals surface area contributed by atoms with E-state index >= 15 is 0 Å². The van der Waals surface area contributed by atoms with Crippen molar-refractivity contribution in [3.8, 4) is 0 Å². The van der Waals surface area contributed by atoms with Crippen LogP contribution in [0.15, 0.2) is 29.2 Å². The highest BCUT2D eigenvalue weighted by atomic mass is 32.2. The van der Waals surface area contributed by atoms with Crippen LogP contribution in [0, 0.1) is 5.92 Å². The number of hydrogen-bond acceptors (Lipinski definition) is 4. The minimum Gasteiger partial charge on any atom is -0.384 e. The lowest BCUT2D eigenvalue weighted by molar-refractivity contribution is 0.121. The number of benzene rings is 1. The van der Waals surface area contributed by atoms with Crippen LogP contribution < -0.4 is 5.32 Å².